The van der Waals surface area contributed by atoms with E-state index in [1.807, 2.05) is 18.2 Å². The van der Waals surface area contributed by atoms with Gasteiger partial charge in [-0.25, -0.2) is 0 Å². The van der Waals surface area contributed by atoms with Gasteiger partial charge in [-0.3, -0.25) is 9.78 Å². The second-order valence-electron chi connectivity index (χ2n) is 4.79. The van der Waals surface area contributed by atoms with Crippen molar-refractivity contribution in [2.45, 2.75) is 12.8 Å². The van der Waals surface area contributed by atoms with Gasteiger partial charge in [0.05, 0.1) is 11.8 Å². The fraction of sp³-hybridized carbons (Fsp3) is 0.200. The average molecular weight is 269 g/mol. The van der Waals surface area contributed by atoms with Crippen LogP contribution < -0.4 is 10.6 Å². The first-order valence-electron chi connectivity index (χ1n) is 6.54. The fourth-order valence-corrected chi connectivity index (χ4v) is 2.31. The molecule has 0 saturated heterocycles. The lowest BCUT2D eigenvalue weighted by Crippen LogP contribution is -2.14. The maximum atomic E-state index is 12.1. The molecular weight excluding hydrogens is 254 g/mol. The predicted octanol–water partition coefficient (Wildman–Crippen LogP) is 2.40. The van der Waals surface area contributed by atoms with E-state index in [2.05, 4.69) is 15.6 Å². The lowest BCUT2D eigenvalue weighted by molar-refractivity contribution is 0.102. The molecule has 2 heterocycles. The molecule has 1 aromatic carbocycles. The van der Waals surface area contributed by atoms with E-state index in [4.69, 9.17) is 0 Å². The summed E-state index contributed by atoms with van der Waals surface area (Å²) in [5.74, 6) is -0.301. The summed E-state index contributed by atoms with van der Waals surface area (Å²) >= 11 is 0. The minimum Gasteiger partial charge on any atom is -0.506 e. The predicted molar refractivity (Wildman–Crippen MR) is 77.1 cm³/mol. The van der Waals surface area contributed by atoms with Crippen molar-refractivity contribution >= 4 is 17.3 Å². The largest absolute Gasteiger partial charge is 0.506 e. The van der Waals surface area contributed by atoms with E-state index in [1.165, 1.54) is 24.0 Å². The number of nitrogens with zero attached hydrogens (tertiary/aromatic N) is 1. The molecule has 5 nitrogen and oxygen atoms in total. The van der Waals surface area contributed by atoms with Gasteiger partial charge in [0.25, 0.3) is 5.91 Å². The Hall–Kier alpha value is -2.56. The van der Waals surface area contributed by atoms with Crippen molar-refractivity contribution in [2.75, 3.05) is 17.2 Å². The van der Waals surface area contributed by atoms with Gasteiger partial charge in [-0.15, -0.1) is 0 Å². The van der Waals surface area contributed by atoms with Crippen molar-refractivity contribution in [3.63, 3.8) is 0 Å². The number of fused-ring (bicyclic) bond motifs is 1. The Labute approximate surface area is 116 Å². The van der Waals surface area contributed by atoms with Crippen LogP contribution in [-0.4, -0.2) is 22.5 Å². The zero-order chi connectivity index (χ0) is 13.9. The highest BCUT2D eigenvalue weighted by Gasteiger charge is 2.11. The Morgan fingerprint density at radius 1 is 1.30 bits per heavy atom. The quantitative estimate of drug-likeness (QED) is 0.782. The molecule has 0 saturated carbocycles. The van der Waals surface area contributed by atoms with Crippen LogP contribution in [0.5, 0.6) is 5.75 Å². The number of aryl methyl sites for hydroxylation is 1. The highest BCUT2D eigenvalue weighted by Crippen LogP contribution is 2.25. The molecule has 2 aromatic rings. The second-order valence-corrected chi connectivity index (χ2v) is 4.79. The molecule has 0 atom stereocenters. The molecule has 1 aromatic heterocycles. The topological polar surface area (TPSA) is 74.2 Å². The third kappa shape index (κ3) is 2.56. The fourth-order valence-electron chi connectivity index (χ4n) is 2.31. The number of anilines is 2. The van der Waals surface area contributed by atoms with Gasteiger partial charge in [-0.05, 0) is 42.7 Å². The van der Waals surface area contributed by atoms with Gasteiger partial charge in [0.1, 0.15) is 5.75 Å². The molecule has 0 fully saturated rings. The van der Waals surface area contributed by atoms with Crippen LogP contribution in [0.2, 0.25) is 0 Å². The average Bonchev–Trinajstić information content (AvgIpc) is 2.47. The maximum absolute atomic E-state index is 12.1. The number of rotatable bonds is 2. The van der Waals surface area contributed by atoms with E-state index in [0.717, 1.165) is 30.8 Å². The van der Waals surface area contributed by atoms with E-state index >= 15 is 0 Å². The zero-order valence-corrected chi connectivity index (χ0v) is 10.9. The number of nitrogens with one attached hydrogen (secondary N) is 2. The van der Waals surface area contributed by atoms with Crippen LogP contribution in [-0.2, 0) is 6.42 Å². The summed E-state index contributed by atoms with van der Waals surface area (Å²) in [7, 11) is 0. The van der Waals surface area contributed by atoms with Crippen LogP contribution in [0.4, 0.5) is 11.4 Å². The molecule has 0 radical (unpaired) electrons. The molecule has 0 aliphatic carbocycles. The van der Waals surface area contributed by atoms with Gasteiger partial charge in [0, 0.05) is 24.1 Å². The Kier molecular flexibility index (Phi) is 3.25. The van der Waals surface area contributed by atoms with Gasteiger partial charge in [0.2, 0.25) is 0 Å². The minimum absolute atomic E-state index is 0.0210. The molecule has 102 valence electrons. The molecule has 5 heteroatoms. The lowest BCUT2D eigenvalue weighted by atomic mass is 10.0. The van der Waals surface area contributed by atoms with Crippen molar-refractivity contribution in [3.05, 3.63) is 47.8 Å². The number of aromatic nitrogens is 1. The first-order chi connectivity index (χ1) is 9.72. The summed E-state index contributed by atoms with van der Waals surface area (Å²) < 4.78 is 0. The second kappa shape index (κ2) is 5.21. The third-order valence-corrected chi connectivity index (χ3v) is 3.29. The van der Waals surface area contributed by atoms with Gasteiger partial charge in [0.15, 0.2) is 0 Å². The Bertz CT molecular complexity index is 655. The van der Waals surface area contributed by atoms with Gasteiger partial charge < -0.3 is 15.7 Å². The smallest absolute Gasteiger partial charge is 0.257 e. The highest BCUT2D eigenvalue weighted by molar-refractivity contribution is 6.04. The van der Waals surface area contributed by atoms with Crippen molar-refractivity contribution in [2.24, 2.45) is 0 Å². The standard InChI is InChI=1S/C15H15N3O2/c19-13-7-11(8-16-9-13)15(20)18-12-3-4-14-10(6-12)2-1-5-17-14/h3-4,6-9,17,19H,1-2,5H2,(H,18,20). The first kappa shape index (κ1) is 12.5. The Balaban J connectivity index is 1.79. The van der Waals surface area contributed by atoms with Gasteiger partial charge in [-0.2, -0.15) is 0 Å². The number of carbonyl (C=O) groups excluding carboxylic acids is 1. The molecule has 20 heavy (non-hydrogen) atoms. The number of hydrogen-bond acceptors (Lipinski definition) is 4. The van der Waals surface area contributed by atoms with Gasteiger partial charge >= 0.3 is 0 Å². The lowest BCUT2D eigenvalue weighted by Gasteiger charge is -2.18. The molecule has 1 amide bonds. The molecule has 0 spiro atoms. The molecule has 1 aliphatic rings. The SMILES string of the molecule is O=C(Nc1ccc2c(c1)CCCN2)c1cncc(O)c1. The van der Waals surface area contributed by atoms with Crippen LogP contribution in [0.25, 0.3) is 0 Å². The van der Waals surface area contributed by atoms with Crippen LogP contribution in [0.3, 0.4) is 0 Å². The van der Waals surface area contributed by atoms with Crippen LogP contribution >= 0.6 is 0 Å². The van der Waals surface area contributed by atoms with Crippen LogP contribution in [0.1, 0.15) is 22.3 Å². The van der Waals surface area contributed by atoms with Gasteiger partial charge in [-0.1, -0.05) is 0 Å². The van der Waals surface area contributed by atoms with Crippen molar-refractivity contribution < 1.29 is 9.90 Å². The van der Waals surface area contributed by atoms with Crippen LogP contribution in [0, 0.1) is 0 Å². The summed E-state index contributed by atoms with van der Waals surface area (Å²) in [6.45, 7) is 0.994. The molecule has 3 rings (SSSR count). The molecule has 0 unspecified atom stereocenters. The molecule has 1 aliphatic heterocycles. The number of amides is 1. The normalized spacial score (nSPS) is 13.2. The minimum atomic E-state index is -0.280. The number of benzene rings is 1. The number of carbonyl (C=O) groups is 1. The zero-order valence-electron chi connectivity index (χ0n) is 10.9. The summed E-state index contributed by atoms with van der Waals surface area (Å²) in [6.07, 6.45) is 4.83. The number of pyridine rings is 1. The van der Waals surface area contributed by atoms with E-state index in [9.17, 15) is 9.90 Å². The Morgan fingerprint density at radius 2 is 2.20 bits per heavy atom. The molecule has 3 N–H and O–H groups in total. The van der Waals surface area contributed by atoms with E-state index < -0.39 is 0 Å². The Morgan fingerprint density at radius 3 is 3.05 bits per heavy atom. The summed E-state index contributed by atoms with van der Waals surface area (Å²) in [6, 6.07) is 7.22. The molecular formula is C15H15N3O2. The number of aromatic hydroxyl groups is 1. The van der Waals surface area contributed by atoms with E-state index in [-0.39, 0.29) is 11.7 Å². The summed E-state index contributed by atoms with van der Waals surface area (Å²) in [5.41, 5.74) is 3.43. The molecule has 0 bridgehead atoms. The third-order valence-electron chi connectivity index (χ3n) is 3.29. The van der Waals surface area contributed by atoms with Crippen molar-refractivity contribution in [1.82, 2.24) is 4.98 Å². The first-order valence-corrected chi connectivity index (χ1v) is 6.54. The maximum Gasteiger partial charge on any atom is 0.257 e. The van der Waals surface area contributed by atoms with Crippen molar-refractivity contribution in [3.8, 4) is 5.75 Å². The number of hydrogen-bond donors (Lipinski definition) is 3. The monoisotopic (exact) mass is 269 g/mol. The highest BCUT2D eigenvalue weighted by atomic mass is 16.3. The summed E-state index contributed by atoms with van der Waals surface area (Å²) in [5, 5.41) is 15.5. The van der Waals surface area contributed by atoms with Crippen molar-refractivity contribution in [1.29, 1.82) is 0 Å². The van der Waals surface area contributed by atoms with Crippen LogP contribution in [0.15, 0.2) is 36.7 Å². The summed E-state index contributed by atoms with van der Waals surface area (Å²) in [4.78, 5) is 15.9. The van der Waals surface area contributed by atoms with E-state index in [0.29, 0.717) is 5.56 Å². The van der Waals surface area contributed by atoms with E-state index in [1.54, 1.807) is 0 Å².